The quantitative estimate of drug-likeness (QED) is 0.532. The van der Waals surface area contributed by atoms with Gasteiger partial charge >= 0.3 is 0 Å². The fraction of sp³-hybridized carbons (Fsp3) is 0.0952. The fourth-order valence-corrected chi connectivity index (χ4v) is 4.69. The van der Waals surface area contributed by atoms with Crippen LogP contribution in [0.3, 0.4) is 0 Å². The van der Waals surface area contributed by atoms with E-state index in [-0.39, 0.29) is 15.5 Å². The van der Waals surface area contributed by atoms with Crippen LogP contribution in [-0.4, -0.2) is 27.6 Å². The number of para-hydroxylation sites is 2. The average molecular weight is 447 g/mol. The Labute approximate surface area is 179 Å². The van der Waals surface area contributed by atoms with Crippen LogP contribution in [0.5, 0.6) is 0 Å². The van der Waals surface area contributed by atoms with Gasteiger partial charge in [0.05, 0.1) is 26.9 Å². The summed E-state index contributed by atoms with van der Waals surface area (Å²) in [7, 11) is -2.39. The molecule has 0 aromatic heterocycles. The number of amides is 1. The second kappa shape index (κ2) is 8.90. The summed E-state index contributed by atoms with van der Waals surface area (Å²) in [6.07, 6.45) is 1.91. The molecule has 0 radical (unpaired) electrons. The van der Waals surface area contributed by atoms with Gasteiger partial charge in [0.1, 0.15) is 0 Å². The Balaban J connectivity index is 1.94. The highest BCUT2D eigenvalue weighted by atomic mass is 35.5. The molecule has 3 aromatic carbocycles. The molecular weight excluding hydrogens is 428 g/mol. The van der Waals surface area contributed by atoms with Crippen LogP contribution in [0.15, 0.2) is 82.6 Å². The molecule has 0 atom stereocenters. The summed E-state index contributed by atoms with van der Waals surface area (Å²) in [5.74, 6) is -0.476. The lowest BCUT2D eigenvalue weighted by Crippen LogP contribution is -2.27. The number of nitrogens with one attached hydrogen (secondary N) is 1. The average Bonchev–Trinajstić information content (AvgIpc) is 2.74. The van der Waals surface area contributed by atoms with Crippen molar-refractivity contribution in [3.05, 3.63) is 83.4 Å². The molecule has 0 aliphatic carbocycles. The maximum absolute atomic E-state index is 13.0. The fourth-order valence-electron chi connectivity index (χ4n) is 2.71. The second-order valence-corrected chi connectivity index (χ2v) is 9.33. The SMILES string of the molecule is CSc1ccccc1NC(=O)c1cc(S(=O)(=O)N(C)c2ccccc2)ccc1Cl. The smallest absolute Gasteiger partial charge is 0.264 e. The third-order valence-electron chi connectivity index (χ3n) is 4.32. The van der Waals surface area contributed by atoms with Crippen LogP contribution in [0.2, 0.25) is 5.02 Å². The first-order chi connectivity index (χ1) is 13.8. The van der Waals surface area contributed by atoms with Crippen molar-refractivity contribution >= 4 is 50.7 Å². The van der Waals surface area contributed by atoms with E-state index in [4.69, 9.17) is 11.6 Å². The van der Waals surface area contributed by atoms with E-state index in [9.17, 15) is 13.2 Å². The molecule has 0 saturated heterocycles. The summed E-state index contributed by atoms with van der Waals surface area (Å²) in [6, 6.07) is 20.2. The van der Waals surface area contributed by atoms with E-state index in [0.717, 1.165) is 4.90 Å². The molecule has 0 heterocycles. The summed E-state index contributed by atoms with van der Waals surface area (Å²) >= 11 is 7.70. The Morgan fingerprint density at radius 2 is 1.66 bits per heavy atom. The molecule has 29 heavy (non-hydrogen) atoms. The van der Waals surface area contributed by atoms with Gasteiger partial charge in [0, 0.05) is 11.9 Å². The van der Waals surface area contributed by atoms with E-state index in [1.54, 1.807) is 36.4 Å². The number of carbonyl (C=O) groups is 1. The maximum atomic E-state index is 13.0. The predicted octanol–water partition coefficient (Wildman–Crippen LogP) is 5.14. The third-order valence-corrected chi connectivity index (χ3v) is 7.22. The van der Waals surface area contributed by atoms with Gasteiger partial charge < -0.3 is 5.32 Å². The van der Waals surface area contributed by atoms with E-state index in [0.29, 0.717) is 11.4 Å². The van der Waals surface area contributed by atoms with E-state index in [1.807, 2.05) is 24.5 Å². The summed E-state index contributed by atoms with van der Waals surface area (Å²) < 4.78 is 27.2. The van der Waals surface area contributed by atoms with Crippen LogP contribution in [0.25, 0.3) is 0 Å². The highest BCUT2D eigenvalue weighted by Gasteiger charge is 2.24. The number of hydrogen-bond acceptors (Lipinski definition) is 4. The number of nitrogens with zero attached hydrogens (tertiary/aromatic N) is 1. The molecule has 0 spiro atoms. The lowest BCUT2D eigenvalue weighted by molar-refractivity contribution is 0.102. The van der Waals surface area contributed by atoms with Crippen LogP contribution < -0.4 is 9.62 Å². The number of thioether (sulfide) groups is 1. The number of halogens is 1. The minimum atomic E-state index is -3.86. The molecule has 0 aliphatic heterocycles. The van der Waals surface area contributed by atoms with E-state index >= 15 is 0 Å². The van der Waals surface area contributed by atoms with E-state index in [1.165, 1.54) is 41.3 Å². The highest BCUT2D eigenvalue weighted by Crippen LogP contribution is 2.28. The standard InChI is InChI=1S/C21H19ClN2O3S2/c1-24(15-8-4-3-5-9-15)29(26,27)16-12-13-18(22)17(14-16)21(25)23-19-10-6-7-11-20(19)28-2/h3-14H,1-2H3,(H,23,25). The van der Waals surface area contributed by atoms with Crippen molar-refractivity contribution in [2.24, 2.45) is 0 Å². The van der Waals surface area contributed by atoms with Crippen molar-refractivity contribution < 1.29 is 13.2 Å². The predicted molar refractivity (Wildman–Crippen MR) is 120 cm³/mol. The van der Waals surface area contributed by atoms with Crippen LogP contribution in [0.4, 0.5) is 11.4 Å². The Kier molecular flexibility index (Phi) is 6.52. The topological polar surface area (TPSA) is 66.5 Å². The van der Waals surface area contributed by atoms with Crippen LogP contribution in [-0.2, 0) is 10.0 Å². The van der Waals surface area contributed by atoms with Crippen LogP contribution in [0.1, 0.15) is 10.4 Å². The van der Waals surface area contributed by atoms with Gasteiger partial charge in [0.2, 0.25) is 0 Å². The third kappa shape index (κ3) is 4.58. The van der Waals surface area contributed by atoms with Gasteiger partial charge in [-0.3, -0.25) is 9.10 Å². The van der Waals surface area contributed by atoms with Gasteiger partial charge in [0.25, 0.3) is 15.9 Å². The molecule has 1 amide bonds. The molecule has 0 bridgehead atoms. The number of hydrogen-bond donors (Lipinski definition) is 1. The molecule has 1 N–H and O–H groups in total. The van der Waals surface area contributed by atoms with Gasteiger partial charge in [-0.15, -0.1) is 11.8 Å². The summed E-state index contributed by atoms with van der Waals surface area (Å²) in [5.41, 5.74) is 1.24. The Morgan fingerprint density at radius 1 is 1.00 bits per heavy atom. The van der Waals surface area contributed by atoms with Gasteiger partial charge in [0.15, 0.2) is 0 Å². The van der Waals surface area contributed by atoms with Gasteiger partial charge in [-0.25, -0.2) is 8.42 Å². The summed E-state index contributed by atoms with van der Waals surface area (Å²) in [5, 5.41) is 2.98. The largest absolute Gasteiger partial charge is 0.321 e. The maximum Gasteiger partial charge on any atom is 0.264 e. The minimum Gasteiger partial charge on any atom is -0.321 e. The molecule has 8 heteroatoms. The van der Waals surface area contributed by atoms with Gasteiger partial charge in [-0.1, -0.05) is 41.9 Å². The summed E-state index contributed by atoms with van der Waals surface area (Å²) in [4.78, 5) is 13.7. The number of sulfonamides is 1. The van der Waals surface area contributed by atoms with Crippen molar-refractivity contribution in [1.29, 1.82) is 0 Å². The second-order valence-electron chi connectivity index (χ2n) is 6.10. The molecule has 0 unspecified atom stereocenters. The molecule has 0 aliphatic rings. The molecular formula is C21H19ClN2O3S2. The highest BCUT2D eigenvalue weighted by molar-refractivity contribution is 7.98. The number of anilines is 2. The van der Waals surface area contributed by atoms with E-state index in [2.05, 4.69) is 5.32 Å². The number of rotatable bonds is 6. The van der Waals surface area contributed by atoms with Crippen molar-refractivity contribution in [2.75, 3.05) is 22.9 Å². The first-order valence-electron chi connectivity index (χ1n) is 8.62. The zero-order valence-electron chi connectivity index (χ0n) is 15.8. The first-order valence-corrected chi connectivity index (χ1v) is 11.7. The molecule has 150 valence electrons. The number of benzene rings is 3. The Morgan fingerprint density at radius 3 is 2.34 bits per heavy atom. The van der Waals surface area contributed by atoms with Gasteiger partial charge in [-0.05, 0) is 48.7 Å². The van der Waals surface area contributed by atoms with Crippen LogP contribution >= 0.6 is 23.4 Å². The van der Waals surface area contributed by atoms with Crippen molar-refractivity contribution in [3.8, 4) is 0 Å². The van der Waals surface area contributed by atoms with Crippen molar-refractivity contribution in [2.45, 2.75) is 9.79 Å². The monoisotopic (exact) mass is 446 g/mol. The van der Waals surface area contributed by atoms with Gasteiger partial charge in [-0.2, -0.15) is 0 Å². The molecule has 3 aromatic rings. The lowest BCUT2D eigenvalue weighted by atomic mass is 10.2. The van der Waals surface area contributed by atoms with Crippen molar-refractivity contribution in [1.82, 2.24) is 0 Å². The van der Waals surface area contributed by atoms with E-state index < -0.39 is 15.9 Å². The molecule has 3 rings (SSSR count). The minimum absolute atomic E-state index is 0.0171. The Hall–Kier alpha value is -2.48. The molecule has 0 fully saturated rings. The van der Waals surface area contributed by atoms with Crippen LogP contribution in [0, 0.1) is 0 Å². The molecule has 0 saturated carbocycles. The zero-order valence-corrected chi connectivity index (χ0v) is 18.2. The first kappa shape index (κ1) is 21.2. The zero-order chi connectivity index (χ0) is 21.0. The number of carbonyl (C=O) groups excluding carboxylic acids is 1. The lowest BCUT2D eigenvalue weighted by Gasteiger charge is -2.20. The summed E-state index contributed by atoms with van der Waals surface area (Å²) in [6.45, 7) is 0. The van der Waals surface area contributed by atoms with Crippen molar-refractivity contribution in [3.63, 3.8) is 0 Å². The molecule has 5 nitrogen and oxygen atoms in total. The Bertz CT molecular complexity index is 1140. The normalized spacial score (nSPS) is 11.1.